The number of hydrogen-bond acceptors (Lipinski definition) is 2. The van der Waals surface area contributed by atoms with Crippen LogP contribution in [0.1, 0.15) is 25.7 Å². The van der Waals surface area contributed by atoms with Gasteiger partial charge in [0.05, 0.1) is 0 Å². The fourth-order valence-electron chi connectivity index (χ4n) is 1.84. The molecule has 2 saturated heterocycles. The Hall–Kier alpha value is -0.120. The summed E-state index contributed by atoms with van der Waals surface area (Å²) in [7, 11) is 0. The van der Waals surface area contributed by atoms with Crippen LogP contribution >= 0.6 is 11.8 Å². The first-order chi connectivity index (χ1) is 5.58. The van der Waals surface area contributed by atoms with E-state index in [9.17, 15) is 13.6 Å². The lowest BCUT2D eigenvalue weighted by molar-refractivity contribution is -0.144. The minimum Gasteiger partial charge on any atom is -0.293 e. The van der Waals surface area contributed by atoms with E-state index in [1.54, 1.807) is 11.8 Å². The number of fused-ring (bicyclic) bond motifs is 2. The van der Waals surface area contributed by atoms with Crippen molar-refractivity contribution in [2.75, 3.05) is 0 Å². The van der Waals surface area contributed by atoms with E-state index < -0.39 is 11.7 Å². The Morgan fingerprint density at radius 1 is 1.33 bits per heavy atom. The molecular weight excluding hydrogens is 182 g/mol. The molecule has 68 valence electrons. The van der Waals surface area contributed by atoms with Gasteiger partial charge in [0.25, 0.3) is 0 Å². The molecule has 0 aromatic heterocycles. The molecule has 0 N–H and O–H groups in total. The van der Waals surface area contributed by atoms with E-state index in [0.29, 0.717) is 0 Å². The van der Waals surface area contributed by atoms with E-state index in [2.05, 4.69) is 0 Å². The molecule has 2 aliphatic heterocycles. The highest BCUT2D eigenvalue weighted by molar-refractivity contribution is 8.00. The van der Waals surface area contributed by atoms with Crippen molar-refractivity contribution in [3.05, 3.63) is 0 Å². The minimum atomic E-state index is -3.03. The average Bonchev–Trinajstić information content (AvgIpc) is 2.30. The average molecular weight is 192 g/mol. The fraction of sp³-hybridized carbons (Fsp3) is 0.875. The largest absolute Gasteiger partial charge is 0.306 e. The zero-order valence-electron chi connectivity index (χ0n) is 6.56. The molecule has 0 aromatic rings. The maximum atomic E-state index is 13.0. The van der Waals surface area contributed by atoms with E-state index >= 15 is 0 Å². The molecule has 0 aromatic carbocycles. The number of Topliss-reactive ketones (excluding diaryl/α,β-unsaturated/α-hetero) is 1. The molecule has 4 heteroatoms. The number of carbonyl (C=O) groups excluding carboxylic acids is 1. The zero-order chi connectivity index (χ0) is 8.77. The molecule has 2 fully saturated rings. The highest BCUT2D eigenvalue weighted by atomic mass is 32.2. The number of carbonyl (C=O) groups is 1. The Bertz CT molecular complexity index is 217. The van der Waals surface area contributed by atoms with Crippen molar-refractivity contribution in [3.8, 4) is 0 Å². The maximum Gasteiger partial charge on any atom is 0.306 e. The van der Waals surface area contributed by atoms with Gasteiger partial charge in [0, 0.05) is 23.3 Å². The Morgan fingerprint density at radius 2 is 2.00 bits per heavy atom. The summed E-state index contributed by atoms with van der Waals surface area (Å²) in [5, 5.41) is 0.201. The Labute approximate surface area is 73.9 Å². The lowest BCUT2D eigenvalue weighted by Crippen LogP contribution is -2.31. The standard InChI is InChI=1S/C8H10F2OS/c9-8(10)4-6-2-1-5(12-6)3-7(8)11/h5-6H,1-4H2. The summed E-state index contributed by atoms with van der Waals surface area (Å²) in [4.78, 5) is 11.0. The van der Waals surface area contributed by atoms with Crippen molar-refractivity contribution >= 4 is 17.5 Å². The van der Waals surface area contributed by atoms with Crippen molar-refractivity contribution in [2.24, 2.45) is 0 Å². The van der Waals surface area contributed by atoms with Gasteiger partial charge in [-0.25, -0.2) is 0 Å². The van der Waals surface area contributed by atoms with E-state index in [1.807, 2.05) is 0 Å². The minimum absolute atomic E-state index is 0.0245. The van der Waals surface area contributed by atoms with Crippen molar-refractivity contribution in [1.82, 2.24) is 0 Å². The van der Waals surface area contributed by atoms with Gasteiger partial charge in [-0.2, -0.15) is 20.5 Å². The number of ketones is 1. The van der Waals surface area contributed by atoms with Crippen LogP contribution < -0.4 is 0 Å². The van der Waals surface area contributed by atoms with Crippen molar-refractivity contribution < 1.29 is 13.6 Å². The Kier molecular flexibility index (Phi) is 1.90. The smallest absolute Gasteiger partial charge is 0.293 e. The molecule has 0 saturated carbocycles. The van der Waals surface area contributed by atoms with Crippen LogP contribution in [0, 0.1) is 0 Å². The third-order valence-corrected chi connectivity index (χ3v) is 4.08. The van der Waals surface area contributed by atoms with Crippen LogP contribution in [0.25, 0.3) is 0 Å². The predicted octanol–water partition coefficient (Wildman–Crippen LogP) is 2.25. The van der Waals surface area contributed by atoms with Crippen LogP contribution in [0.5, 0.6) is 0 Å². The summed E-state index contributed by atoms with van der Waals surface area (Å²) < 4.78 is 25.9. The molecule has 2 bridgehead atoms. The van der Waals surface area contributed by atoms with Crippen LogP contribution in [0.4, 0.5) is 8.78 Å². The SMILES string of the molecule is O=C1CC2CCC(CC1(F)F)S2. The second-order valence-electron chi connectivity index (χ2n) is 3.49. The van der Waals surface area contributed by atoms with Gasteiger partial charge in [-0.1, -0.05) is 0 Å². The van der Waals surface area contributed by atoms with E-state index in [-0.39, 0.29) is 23.3 Å². The number of thioether (sulfide) groups is 1. The second kappa shape index (κ2) is 2.69. The van der Waals surface area contributed by atoms with Crippen molar-refractivity contribution in [1.29, 1.82) is 0 Å². The number of hydrogen-bond donors (Lipinski definition) is 0. The van der Waals surface area contributed by atoms with E-state index in [1.165, 1.54) is 0 Å². The summed E-state index contributed by atoms with van der Waals surface area (Å²) in [5.74, 6) is -3.88. The molecule has 12 heavy (non-hydrogen) atoms. The van der Waals surface area contributed by atoms with Gasteiger partial charge in [0.1, 0.15) is 0 Å². The summed E-state index contributed by atoms with van der Waals surface area (Å²) in [6.45, 7) is 0. The molecular formula is C8H10F2OS. The van der Waals surface area contributed by atoms with Gasteiger partial charge in [-0.15, -0.1) is 0 Å². The molecule has 2 unspecified atom stereocenters. The Balaban J connectivity index is 2.18. The third kappa shape index (κ3) is 1.37. The first kappa shape index (κ1) is 8.48. The van der Waals surface area contributed by atoms with E-state index in [4.69, 9.17) is 0 Å². The van der Waals surface area contributed by atoms with Crippen LogP contribution in [0.2, 0.25) is 0 Å². The first-order valence-electron chi connectivity index (χ1n) is 4.14. The summed E-state index contributed by atoms with van der Waals surface area (Å²) in [5.41, 5.74) is 0. The molecule has 0 amide bonds. The lowest BCUT2D eigenvalue weighted by Gasteiger charge is -2.16. The van der Waals surface area contributed by atoms with Gasteiger partial charge in [0.2, 0.25) is 5.78 Å². The number of alkyl halides is 2. The Morgan fingerprint density at radius 3 is 2.75 bits per heavy atom. The topological polar surface area (TPSA) is 17.1 Å². The van der Waals surface area contributed by atoms with Gasteiger partial charge in [-0.05, 0) is 12.8 Å². The summed E-state index contributed by atoms with van der Waals surface area (Å²) in [6, 6.07) is 0. The molecule has 0 aliphatic carbocycles. The monoisotopic (exact) mass is 192 g/mol. The molecule has 0 radical (unpaired) electrons. The zero-order valence-corrected chi connectivity index (χ0v) is 7.37. The number of rotatable bonds is 0. The number of halogens is 2. The lowest BCUT2D eigenvalue weighted by atomic mass is 9.97. The van der Waals surface area contributed by atoms with Crippen LogP contribution in [0.3, 0.4) is 0 Å². The third-order valence-electron chi connectivity index (χ3n) is 2.50. The highest BCUT2D eigenvalue weighted by Crippen LogP contribution is 2.45. The van der Waals surface area contributed by atoms with Crippen molar-refractivity contribution in [2.45, 2.75) is 42.1 Å². The molecule has 2 heterocycles. The highest BCUT2D eigenvalue weighted by Gasteiger charge is 2.47. The quantitative estimate of drug-likeness (QED) is 0.585. The van der Waals surface area contributed by atoms with Crippen molar-refractivity contribution in [3.63, 3.8) is 0 Å². The van der Waals surface area contributed by atoms with Gasteiger partial charge < -0.3 is 0 Å². The summed E-state index contributed by atoms with van der Waals surface area (Å²) in [6.07, 6.45) is 1.65. The predicted molar refractivity (Wildman–Crippen MR) is 43.6 cm³/mol. The molecule has 1 nitrogen and oxygen atoms in total. The van der Waals surface area contributed by atoms with E-state index in [0.717, 1.165) is 12.8 Å². The van der Waals surface area contributed by atoms with Gasteiger partial charge in [0.15, 0.2) is 0 Å². The molecule has 2 atom stereocenters. The molecule has 2 aliphatic rings. The molecule has 0 spiro atoms. The van der Waals surface area contributed by atoms with Gasteiger partial charge in [-0.3, -0.25) is 4.79 Å². The summed E-state index contributed by atoms with van der Waals surface area (Å²) >= 11 is 1.58. The second-order valence-corrected chi connectivity index (χ2v) is 5.10. The van der Waals surface area contributed by atoms with Crippen LogP contribution in [0.15, 0.2) is 0 Å². The first-order valence-corrected chi connectivity index (χ1v) is 5.09. The van der Waals surface area contributed by atoms with Crippen LogP contribution in [-0.2, 0) is 4.79 Å². The maximum absolute atomic E-state index is 13.0. The van der Waals surface area contributed by atoms with Gasteiger partial charge >= 0.3 is 5.92 Å². The molecule has 2 rings (SSSR count). The normalized spacial score (nSPS) is 39.7. The fourth-order valence-corrected chi connectivity index (χ4v) is 3.48. The van der Waals surface area contributed by atoms with Crippen LogP contribution in [-0.4, -0.2) is 22.2 Å².